The summed E-state index contributed by atoms with van der Waals surface area (Å²) in [7, 11) is 0. The van der Waals surface area contributed by atoms with E-state index in [2.05, 4.69) is 4.90 Å². The SMILES string of the molecule is C1C[NH+]2CCN1CC21CC1. The van der Waals surface area contributed by atoms with Gasteiger partial charge in [-0.2, -0.15) is 0 Å². The maximum Gasteiger partial charge on any atom is 0.111 e. The van der Waals surface area contributed by atoms with Gasteiger partial charge in [-0.3, -0.25) is 4.90 Å². The van der Waals surface area contributed by atoms with Crippen LogP contribution in [0.2, 0.25) is 0 Å². The second-order valence-electron chi connectivity index (χ2n) is 4.16. The van der Waals surface area contributed by atoms with Crippen molar-refractivity contribution in [1.29, 1.82) is 0 Å². The highest BCUT2D eigenvalue weighted by Gasteiger charge is 2.57. The number of hydrogen-bond donors (Lipinski definition) is 1. The second-order valence-corrected chi connectivity index (χ2v) is 4.16. The lowest BCUT2D eigenvalue weighted by atomic mass is 10.1. The van der Waals surface area contributed by atoms with Gasteiger partial charge in [-0.25, -0.2) is 0 Å². The van der Waals surface area contributed by atoms with E-state index in [0.29, 0.717) is 0 Å². The number of quaternary nitrogens is 1. The van der Waals surface area contributed by atoms with E-state index >= 15 is 0 Å². The molecule has 1 saturated carbocycles. The molecule has 0 aromatic heterocycles. The maximum atomic E-state index is 2.65. The number of nitrogens with zero attached hydrogens (tertiary/aromatic N) is 1. The summed E-state index contributed by atoms with van der Waals surface area (Å²) in [5.74, 6) is 0. The molecule has 2 heteroatoms. The van der Waals surface area contributed by atoms with E-state index in [1.165, 1.54) is 45.6 Å². The van der Waals surface area contributed by atoms with Crippen molar-refractivity contribution in [2.45, 2.75) is 18.4 Å². The molecule has 3 aliphatic heterocycles. The lowest BCUT2D eigenvalue weighted by Crippen LogP contribution is -3.23. The molecule has 2 nitrogen and oxygen atoms in total. The molecule has 1 N–H and O–H groups in total. The Morgan fingerprint density at radius 2 is 1.80 bits per heavy atom. The first-order valence-corrected chi connectivity index (χ1v) is 4.47. The van der Waals surface area contributed by atoms with E-state index in [1.807, 2.05) is 4.90 Å². The molecule has 0 aromatic rings. The second kappa shape index (κ2) is 1.56. The standard InChI is InChI=1S/C8H14N2/c1-2-8(1)7-9-3-5-10(8)6-4-9/h1-7H2/p+1. The highest BCUT2D eigenvalue weighted by atomic mass is 15.4. The van der Waals surface area contributed by atoms with Crippen LogP contribution in [0.1, 0.15) is 12.8 Å². The van der Waals surface area contributed by atoms with E-state index in [-0.39, 0.29) is 0 Å². The van der Waals surface area contributed by atoms with Crippen molar-refractivity contribution < 1.29 is 4.90 Å². The fraction of sp³-hybridized carbons (Fsp3) is 1.00. The van der Waals surface area contributed by atoms with Gasteiger partial charge in [0.2, 0.25) is 0 Å². The molecule has 0 radical (unpaired) electrons. The minimum Gasteiger partial charge on any atom is -0.327 e. The molecule has 10 heavy (non-hydrogen) atoms. The molecule has 1 aliphatic carbocycles. The topological polar surface area (TPSA) is 7.68 Å². The van der Waals surface area contributed by atoms with Gasteiger partial charge >= 0.3 is 0 Å². The van der Waals surface area contributed by atoms with Crippen LogP contribution < -0.4 is 4.90 Å². The van der Waals surface area contributed by atoms with Gasteiger partial charge in [0.15, 0.2) is 0 Å². The van der Waals surface area contributed by atoms with Crippen molar-refractivity contribution >= 4 is 0 Å². The summed E-state index contributed by atoms with van der Waals surface area (Å²) in [6.07, 6.45) is 3.03. The average Bonchev–Trinajstić information content (AvgIpc) is 2.72. The zero-order chi connectivity index (χ0) is 6.60. The fourth-order valence-electron chi connectivity index (χ4n) is 2.71. The normalized spacial score (nSPS) is 48.0. The average molecular weight is 139 g/mol. The minimum atomic E-state index is 0.788. The molecular weight excluding hydrogens is 124 g/mol. The Hall–Kier alpha value is -0.0800. The molecule has 3 heterocycles. The van der Waals surface area contributed by atoms with E-state index in [1.54, 1.807) is 0 Å². The first-order valence-electron chi connectivity index (χ1n) is 4.47. The number of nitrogens with one attached hydrogen (secondary N) is 1. The molecule has 0 aromatic carbocycles. The predicted octanol–water partition coefficient (Wildman–Crippen LogP) is -1.27. The molecule has 4 rings (SSSR count). The lowest BCUT2D eigenvalue weighted by Gasteiger charge is -2.45. The van der Waals surface area contributed by atoms with Crippen LogP contribution in [0.25, 0.3) is 0 Å². The van der Waals surface area contributed by atoms with Gasteiger partial charge in [-0.1, -0.05) is 0 Å². The first kappa shape index (κ1) is 5.56. The van der Waals surface area contributed by atoms with Crippen LogP contribution in [-0.4, -0.2) is 43.2 Å². The third-order valence-corrected chi connectivity index (χ3v) is 3.59. The largest absolute Gasteiger partial charge is 0.327 e. The van der Waals surface area contributed by atoms with Gasteiger partial charge in [-0.05, 0) is 0 Å². The van der Waals surface area contributed by atoms with Gasteiger partial charge in [0.05, 0.1) is 19.6 Å². The summed E-state index contributed by atoms with van der Waals surface area (Å²) in [5.41, 5.74) is 0.788. The maximum absolute atomic E-state index is 2.65. The van der Waals surface area contributed by atoms with Crippen LogP contribution in [0.5, 0.6) is 0 Å². The van der Waals surface area contributed by atoms with E-state index in [4.69, 9.17) is 0 Å². The molecule has 4 aliphatic rings. The van der Waals surface area contributed by atoms with Crippen molar-refractivity contribution in [3.05, 3.63) is 0 Å². The molecule has 2 bridgehead atoms. The minimum absolute atomic E-state index is 0.788. The van der Waals surface area contributed by atoms with Gasteiger partial charge in [0.1, 0.15) is 5.54 Å². The Bertz CT molecular complexity index is 155. The number of fused-ring (bicyclic) bond motifs is 2. The number of piperazine rings is 3. The first-order chi connectivity index (χ1) is 4.89. The Balaban J connectivity index is 1.90. The Kier molecular flexibility index (Phi) is 0.868. The summed E-state index contributed by atoms with van der Waals surface area (Å²) < 4.78 is 0. The molecule has 0 amide bonds. The number of hydrogen-bond acceptors (Lipinski definition) is 1. The van der Waals surface area contributed by atoms with Crippen LogP contribution in [0, 0.1) is 0 Å². The third kappa shape index (κ3) is 0.565. The molecule has 0 unspecified atom stereocenters. The highest BCUT2D eigenvalue weighted by Crippen LogP contribution is 2.35. The molecule has 1 spiro atoms. The zero-order valence-corrected chi connectivity index (χ0v) is 6.40. The van der Waals surface area contributed by atoms with Crippen LogP contribution in [0.4, 0.5) is 0 Å². The van der Waals surface area contributed by atoms with Crippen molar-refractivity contribution in [2.24, 2.45) is 0 Å². The Morgan fingerprint density at radius 3 is 2.10 bits per heavy atom. The monoisotopic (exact) mass is 139 g/mol. The summed E-state index contributed by atoms with van der Waals surface area (Å²) in [6.45, 7) is 7.02. The van der Waals surface area contributed by atoms with Gasteiger partial charge in [-0.15, -0.1) is 0 Å². The van der Waals surface area contributed by atoms with Gasteiger partial charge in [0, 0.05) is 25.9 Å². The summed E-state index contributed by atoms with van der Waals surface area (Å²) >= 11 is 0. The van der Waals surface area contributed by atoms with Crippen molar-refractivity contribution in [3.63, 3.8) is 0 Å². The van der Waals surface area contributed by atoms with Crippen molar-refractivity contribution in [2.75, 3.05) is 32.7 Å². The lowest BCUT2D eigenvalue weighted by molar-refractivity contribution is -0.951. The molecule has 56 valence electrons. The molecule has 0 atom stereocenters. The van der Waals surface area contributed by atoms with Crippen LogP contribution in [0.15, 0.2) is 0 Å². The molecule has 3 saturated heterocycles. The van der Waals surface area contributed by atoms with Crippen LogP contribution in [-0.2, 0) is 0 Å². The number of rotatable bonds is 0. The van der Waals surface area contributed by atoms with Crippen LogP contribution in [0.3, 0.4) is 0 Å². The highest BCUT2D eigenvalue weighted by molar-refractivity contribution is 5.00. The summed E-state index contributed by atoms with van der Waals surface area (Å²) in [4.78, 5) is 4.58. The van der Waals surface area contributed by atoms with Crippen molar-refractivity contribution in [1.82, 2.24) is 4.90 Å². The van der Waals surface area contributed by atoms with E-state index in [0.717, 1.165) is 5.54 Å². The zero-order valence-electron chi connectivity index (χ0n) is 6.40. The predicted molar refractivity (Wildman–Crippen MR) is 39.1 cm³/mol. The summed E-state index contributed by atoms with van der Waals surface area (Å²) in [6, 6.07) is 0. The van der Waals surface area contributed by atoms with Gasteiger partial charge < -0.3 is 4.90 Å². The van der Waals surface area contributed by atoms with Gasteiger partial charge in [0.25, 0.3) is 0 Å². The quantitative estimate of drug-likeness (QED) is 0.440. The molecule has 4 fully saturated rings. The Labute approximate surface area is 61.8 Å². The van der Waals surface area contributed by atoms with Crippen LogP contribution >= 0.6 is 0 Å². The van der Waals surface area contributed by atoms with E-state index in [9.17, 15) is 0 Å². The molecular formula is C8H15N2+. The third-order valence-electron chi connectivity index (χ3n) is 3.59. The Morgan fingerprint density at radius 1 is 1.10 bits per heavy atom. The van der Waals surface area contributed by atoms with E-state index < -0.39 is 0 Å². The smallest absolute Gasteiger partial charge is 0.111 e. The van der Waals surface area contributed by atoms with Crippen molar-refractivity contribution in [3.8, 4) is 0 Å². The summed E-state index contributed by atoms with van der Waals surface area (Å²) in [5, 5.41) is 0. The fourth-order valence-corrected chi connectivity index (χ4v) is 2.71.